The highest BCUT2D eigenvalue weighted by Crippen LogP contribution is 2.37. The molecule has 1 aliphatic carbocycles. The van der Waals surface area contributed by atoms with Crippen molar-refractivity contribution in [2.45, 2.75) is 44.8 Å². The zero-order valence-corrected chi connectivity index (χ0v) is 13.8. The Morgan fingerprint density at radius 2 is 2.21 bits per heavy atom. The second-order valence-electron chi connectivity index (χ2n) is 6.60. The van der Waals surface area contributed by atoms with Crippen molar-refractivity contribution >= 4 is 22.1 Å². The van der Waals surface area contributed by atoms with Crippen LogP contribution in [0.1, 0.15) is 44.0 Å². The SMILES string of the molecule is COCc1nc2cnc3[nH]ccc3c2n1[C@H]1CC[C@H](CC#N)CC1. The van der Waals surface area contributed by atoms with Gasteiger partial charge in [-0.25, -0.2) is 9.97 Å². The van der Waals surface area contributed by atoms with Crippen molar-refractivity contribution in [3.8, 4) is 6.07 Å². The van der Waals surface area contributed by atoms with Gasteiger partial charge in [0.25, 0.3) is 0 Å². The van der Waals surface area contributed by atoms with Crippen LogP contribution >= 0.6 is 0 Å². The van der Waals surface area contributed by atoms with Crippen LogP contribution in [0.4, 0.5) is 0 Å². The van der Waals surface area contributed by atoms with E-state index in [0.29, 0.717) is 25.0 Å². The minimum absolute atomic E-state index is 0.413. The molecule has 1 N–H and O–H groups in total. The van der Waals surface area contributed by atoms with E-state index in [4.69, 9.17) is 15.0 Å². The summed E-state index contributed by atoms with van der Waals surface area (Å²) in [7, 11) is 1.71. The van der Waals surface area contributed by atoms with Crippen LogP contribution in [0.5, 0.6) is 0 Å². The molecule has 0 aromatic carbocycles. The third-order valence-corrected chi connectivity index (χ3v) is 5.14. The van der Waals surface area contributed by atoms with Gasteiger partial charge in [-0.1, -0.05) is 0 Å². The highest BCUT2D eigenvalue weighted by atomic mass is 16.5. The lowest BCUT2D eigenvalue weighted by molar-refractivity contribution is 0.168. The molecular formula is C18H21N5O. The van der Waals surface area contributed by atoms with Gasteiger partial charge in [-0.15, -0.1) is 0 Å². The van der Waals surface area contributed by atoms with Gasteiger partial charge < -0.3 is 14.3 Å². The number of pyridine rings is 1. The van der Waals surface area contributed by atoms with Crippen molar-refractivity contribution in [3.05, 3.63) is 24.3 Å². The van der Waals surface area contributed by atoms with Crippen LogP contribution in [0, 0.1) is 17.2 Å². The van der Waals surface area contributed by atoms with E-state index in [1.807, 2.05) is 12.4 Å². The maximum absolute atomic E-state index is 8.93. The van der Waals surface area contributed by atoms with Crippen LogP contribution < -0.4 is 0 Å². The van der Waals surface area contributed by atoms with Crippen LogP contribution in [0.15, 0.2) is 18.5 Å². The molecule has 0 atom stereocenters. The zero-order chi connectivity index (χ0) is 16.5. The van der Waals surface area contributed by atoms with E-state index >= 15 is 0 Å². The molecule has 0 saturated heterocycles. The number of H-pyrrole nitrogens is 1. The zero-order valence-electron chi connectivity index (χ0n) is 13.8. The van der Waals surface area contributed by atoms with E-state index in [-0.39, 0.29) is 0 Å². The summed E-state index contributed by atoms with van der Waals surface area (Å²) in [5.41, 5.74) is 2.97. The number of nitrogens with zero attached hydrogens (tertiary/aromatic N) is 4. The lowest BCUT2D eigenvalue weighted by Gasteiger charge is -2.29. The minimum Gasteiger partial charge on any atom is -0.377 e. The van der Waals surface area contributed by atoms with E-state index < -0.39 is 0 Å². The Hall–Kier alpha value is -2.39. The van der Waals surface area contributed by atoms with Crippen LogP contribution in [-0.2, 0) is 11.3 Å². The number of rotatable bonds is 4. The number of aromatic amines is 1. The summed E-state index contributed by atoms with van der Waals surface area (Å²) < 4.78 is 7.75. The Morgan fingerprint density at radius 3 is 2.96 bits per heavy atom. The third-order valence-electron chi connectivity index (χ3n) is 5.14. The van der Waals surface area contributed by atoms with Crippen molar-refractivity contribution in [2.24, 2.45) is 5.92 Å². The molecular weight excluding hydrogens is 302 g/mol. The number of fused-ring (bicyclic) bond motifs is 3. The average Bonchev–Trinajstić information content (AvgIpc) is 3.20. The van der Waals surface area contributed by atoms with E-state index in [1.165, 1.54) is 0 Å². The van der Waals surface area contributed by atoms with Crippen LogP contribution in [0.3, 0.4) is 0 Å². The first kappa shape index (κ1) is 15.2. The summed E-state index contributed by atoms with van der Waals surface area (Å²) in [6.07, 6.45) is 8.82. The number of hydrogen-bond donors (Lipinski definition) is 1. The van der Waals surface area contributed by atoms with Crippen molar-refractivity contribution in [1.29, 1.82) is 5.26 Å². The van der Waals surface area contributed by atoms with Gasteiger partial charge in [0.05, 0.1) is 17.8 Å². The largest absolute Gasteiger partial charge is 0.377 e. The highest BCUT2D eigenvalue weighted by molar-refractivity contribution is 6.01. The van der Waals surface area contributed by atoms with Gasteiger partial charge in [-0.3, -0.25) is 0 Å². The fraction of sp³-hybridized carbons (Fsp3) is 0.500. The second kappa shape index (κ2) is 6.25. The summed E-state index contributed by atoms with van der Waals surface area (Å²) in [5, 5.41) is 10.0. The van der Waals surface area contributed by atoms with E-state index in [0.717, 1.165) is 53.6 Å². The predicted molar refractivity (Wildman–Crippen MR) is 91.3 cm³/mol. The second-order valence-corrected chi connectivity index (χ2v) is 6.60. The van der Waals surface area contributed by atoms with Gasteiger partial charge in [0.2, 0.25) is 0 Å². The fourth-order valence-electron chi connectivity index (χ4n) is 4.00. The molecule has 0 unspecified atom stereocenters. The van der Waals surface area contributed by atoms with Gasteiger partial charge in [-0.2, -0.15) is 5.26 Å². The predicted octanol–water partition coefficient (Wildman–Crippen LogP) is 3.70. The lowest BCUT2D eigenvalue weighted by atomic mass is 9.84. The standard InChI is InChI=1S/C18H21N5O/c1-24-11-16-22-15-10-21-18-14(7-9-20-18)17(15)23(16)13-4-2-12(3-5-13)6-8-19/h7,9-10,12-13H,2-6,11H2,1H3,(H,20,21)/t12-,13-. The van der Waals surface area contributed by atoms with Crippen molar-refractivity contribution < 1.29 is 4.74 Å². The summed E-state index contributed by atoms with van der Waals surface area (Å²) >= 11 is 0. The van der Waals surface area contributed by atoms with Crippen molar-refractivity contribution in [1.82, 2.24) is 19.5 Å². The molecule has 124 valence electrons. The van der Waals surface area contributed by atoms with Crippen LogP contribution in [0.25, 0.3) is 22.1 Å². The maximum Gasteiger partial charge on any atom is 0.139 e. The Balaban J connectivity index is 1.79. The molecule has 0 aliphatic heterocycles. The summed E-state index contributed by atoms with van der Waals surface area (Å²) in [4.78, 5) is 12.4. The highest BCUT2D eigenvalue weighted by Gasteiger charge is 2.26. The lowest BCUT2D eigenvalue weighted by Crippen LogP contribution is -2.20. The first-order valence-electron chi connectivity index (χ1n) is 8.50. The molecule has 1 fully saturated rings. The number of nitrogens with one attached hydrogen (secondary N) is 1. The molecule has 1 aliphatic rings. The average molecular weight is 323 g/mol. The summed E-state index contributed by atoms with van der Waals surface area (Å²) in [6, 6.07) is 4.80. The first-order chi connectivity index (χ1) is 11.8. The number of hydrogen-bond acceptors (Lipinski definition) is 4. The van der Waals surface area contributed by atoms with Crippen LogP contribution in [-0.4, -0.2) is 26.6 Å². The number of nitriles is 1. The van der Waals surface area contributed by atoms with Gasteiger partial charge in [0, 0.05) is 31.2 Å². The van der Waals surface area contributed by atoms with Crippen molar-refractivity contribution in [3.63, 3.8) is 0 Å². The van der Waals surface area contributed by atoms with E-state index in [1.54, 1.807) is 7.11 Å². The first-order valence-corrected chi connectivity index (χ1v) is 8.50. The third kappa shape index (κ3) is 2.45. The molecule has 24 heavy (non-hydrogen) atoms. The number of imidazole rings is 1. The smallest absolute Gasteiger partial charge is 0.139 e. The molecule has 3 aromatic heterocycles. The molecule has 0 radical (unpaired) electrons. The van der Waals surface area contributed by atoms with E-state index in [2.05, 4.69) is 26.7 Å². The summed E-state index contributed by atoms with van der Waals surface area (Å²) in [5.74, 6) is 1.51. The van der Waals surface area contributed by atoms with Gasteiger partial charge in [0.15, 0.2) is 0 Å². The van der Waals surface area contributed by atoms with Crippen LogP contribution in [0.2, 0.25) is 0 Å². The number of methoxy groups -OCH3 is 1. The molecule has 6 nitrogen and oxygen atoms in total. The molecule has 3 aromatic rings. The number of ether oxygens (including phenoxy) is 1. The topological polar surface area (TPSA) is 79.5 Å². The minimum atomic E-state index is 0.413. The molecule has 1 saturated carbocycles. The molecule has 0 bridgehead atoms. The Morgan fingerprint density at radius 1 is 1.38 bits per heavy atom. The molecule has 0 spiro atoms. The van der Waals surface area contributed by atoms with Crippen molar-refractivity contribution in [2.75, 3.05) is 7.11 Å². The Kier molecular flexibility index (Phi) is 3.95. The molecule has 0 amide bonds. The fourth-order valence-corrected chi connectivity index (χ4v) is 4.00. The quantitative estimate of drug-likeness (QED) is 0.794. The monoisotopic (exact) mass is 323 g/mol. The van der Waals surface area contributed by atoms with E-state index in [9.17, 15) is 0 Å². The van der Waals surface area contributed by atoms with Gasteiger partial charge >= 0.3 is 0 Å². The molecule has 6 heteroatoms. The molecule has 4 rings (SSSR count). The van der Waals surface area contributed by atoms with Gasteiger partial charge in [0.1, 0.15) is 23.6 Å². The maximum atomic E-state index is 8.93. The summed E-state index contributed by atoms with van der Waals surface area (Å²) in [6.45, 7) is 0.499. The normalized spacial score (nSPS) is 21.3. The van der Waals surface area contributed by atoms with Gasteiger partial charge in [-0.05, 0) is 37.7 Å². The Bertz CT molecular complexity index is 895. The Labute approximate surface area is 140 Å². The molecule has 3 heterocycles. The number of aromatic nitrogens is 4.